The van der Waals surface area contributed by atoms with Crippen molar-refractivity contribution < 1.29 is 14.3 Å². The van der Waals surface area contributed by atoms with Gasteiger partial charge >= 0.3 is 5.97 Å². The fraction of sp³-hybridized carbons (Fsp3) is 0.857. The number of hydrogen-bond donors (Lipinski definition) is 1. The summed E-state index contributed by atoms with van der Waals surface area (Å²) < 4.78 is 5.08. The number of ether oxygens (including phenoxy) is 1. The first-order valence-electron chi connectivity index (χ1n) is 6.97. The van der Waals surface area contributed by atoms with Crippen LogP contribution in [0.3, 0.4) is 0 Å². The molecule has 116 valence electrons. The molecule has 1 aliphatic heterocycles. The van der Waals surface area contributed by atoms with Crippen molar-refractivity contribution in [1.82, 2.24) is 4.90 Å². The lowest BCUT2D eigenvalue weighted by Crippen LogP contribution is -2.61. The van der Waals surface area contributed by atoms with Crippen LogP contribution in [0, 0.1) is 5.41 Å². The largest absolute Gasteiger partial charge is 0.464 e. The molecule has 5 nitrogen and oxygen atoms in total. The quantitative estimate of drug-likeness (QED) is 0.791. The Kier molecular flexibility index (Phi) is 5.49. The van der Waals surface area contributed by atoms with Gasteiger partial charge in [-0.05, 0) is 34.6 Å². The van der Waals surface area contributed by atoms with Crippen LogP contribution < -0.4 is 5.73 Å². The van der Waals surface area contributed by atoms with Gasteiger partial charge in [0.2, 0.25) is 5.91 Å². The second kappa shape index (κ2) is 6.35. The van der Waals surface area contributed by atoms with Gasteiger partial charge in [-0.1, -0.05) is 0 Å². The van der Waals surface area contributed by atoms with E-state index < -0.39 is 17.0 Å². The molecule has 2 N–H and O–H groups in total. The van der Waals surface area contributed by atoms with Crippen molar-refractivity contribution in [2.24, 2.45) is 11.1 Å². The molecule has 0 aliphatic carbocycles. The molecule has 1 heterocycles. The van der Waals surface area contributed by atoms with Crippen LogP contribution in [0.25, 0.3) is 0 Å². The van der Waals surface area contributed by atoms with E-state index in [9.17, 15) is 9.59 Å². The minimum atomic E-state index is -0.736. The lowest BCUT2D eigenvalue weighted by atomic mass is 9.74. The van der Waals surface area contributed by atoms with E-state index in [0.717, 1.165) is 5.75 Å². The summed E-state index contributed by atoms with van der Waals surface area (Å²) in [6.07, 6.45) is 0. The standard InChI is InChI=1S/C14H26N2O3S/c1-6-19-11(17)10-9-20-8-7-16(10)12(18)13(2,3)14(4,5)15/h10H,6-9,15H2,1-5H3. The Morgan fingerprint density at radius 3 is 2.45 bits per heavy atom. The molecule has 0 bridgehead atoms. The summed E-state index contributed by atoms with van der Waals surface area (Å²) >= 11 is 1.67. The molecule has 1 saturated heterocycles. The monoisotopic (exact) mass is 302 g/mol. The van der Waals surface area contributed by atoms with Gasteiger partial charge < -0.3 is 15.4 Å². The Morgan fingerprint density at radius 2 is 1.95 bits per heavy atom. The second-order valence-electron chi connectivity index (χ2n) is 6.19. The summed E-state index contributed by atoms with van der Waals surface area (Å²) in [6.45, 7) is 10.00. The summed E-state index contributed by atoms with van der Waals surface area (Å²) in [4.78, 5) is 26.5. The number of hydrogen-bond acceptors (Lipinski definition) is 5. The average Bonchev–Trinajstić information content (AvgIpc) is 2.36. The number of esters is 1. The van der Waals surface area contributed by atoms with Gasteiger partial charge in [0.15, 0.2) is 0 Å². The maximum Gasteiger partial charge on any atom is 0.329 e. The van der Waals surface area contributed by atoms with Gasteiger partial charge in [0.1, 0.15) is 6.04 Å². The molecule has 0 radical (unpaired) electrons. The molecular weight excluding hydrogens is 276 g/mol. The number of thioether (sulfide) groups is 1. The minimum Gasteiger partial charge on any atom is -0.464 e. The third-order valence-corrected chi connectivity index (χ3v) is 5.12. The highest BCUT2D eigenvalue weighted by Crippen LogP contribution is 2.33. The molecule has 0 aromatic carbocycles. The van der Waals surface area contributed by atoms with Gasteiger partial charge in [0.05, 0.1) is 12.0 Å². The van der Waals surface area contributed by atoms with E-state index in [1.807, 2.05) is 27.7 Å². The van der Waals surface area contributed by atoms with E-state index in [2.05, 4.69) is 0 Å². The van der Waals surface area contributed by atoms with Gasteiger partial charge in [0, 0.05) is 23.6 Å². The summed E-state index contributed by atoms with van der Waals surface area (Å²) in [7, 11) is 0. The molecule has 1 fully saturated rings. The van der Waals surface area contributed by atoms with Crippen molar-refractivity contribution in [1.29, 1.82) is 0 Å². The van der Waals surface area contributed by atoms with E-state index in [0.29, 0.717) is 18.9 Å². The SMILES string of the molecule is CCOC(=O)C1CSCCN1C(=O)C(C)(C)C(C)(C)N. The molecule has 1 aliphatic rings. The molecule has 1 amide bonds. The van der Waals surface area contributed by atoms with E-state index in [1.165, 1.54) is 0 Å². The van der Waals surface area contributed by atoms with Gasteiger partial charge in [-0.3, -0.25) is 4.79 Å². The molecule has 1 unspecified atom stereocenters. The minimum absolute atomic E-state index is 0.0802. The number of carbonyl (C=O) groups excluding carboxylic acids is 2. The van der Waals surface area contributed by atoms with Crippen LogP contribution in [-0.2, 0) is 14.3 Å². The lowest BCUT2D eigenvalue weighted by molar-refractivity contribution is -0.158. The zero-order valence-electron chi connectivity index (χ0n) is 13.1. The first kappa shape index (κ1) is 17.3. The molecule has 1 rings (SSSR count). The van der Waals surface area contributed by atoms with Gasteiger partial charge in [0.25, 0.3) is 0 Å². The third-order valence-electron chi connectivity index (χ3n) is 4.09. The van der Waals surface area contributed by atoms with Crippen LogP contribution >= 0.6 is 11.8 Å². The normalized spacial score (nSPS) is 20.7. The van der Waals surface area contributed by atoms with E-state index in [1.54, 1.807) is 23.6 Å². The van der Waals surface area contributed by atoms with Gasteiger partial charge in [-0.25, -0.2) is 4.79 Å². The number of carbonyl (C=O) groups is 2. The summed E-state index contributed by atoms with van der Waals surface area (Å²) in [5.74, 6) is 1.02. The zero-order valence-corrected chi connectivity index (χ0v) is 13.9. The van der Waals surface area contributed by atoms with Crippen molar-refractivity contribution in [3.05, 3.63) is 0 Å². The predicted molar refractivity (Wildman–Crippen MR) is 81.5 cm³/mol. The predicted octanol–water partition coefficient (Wildman–Crippen LogP) is 1.26. The number of nitrogens with zero attached hydrogens (tertiary/aromatic N) is 1. The maximum absolute atomic E-state index is 12.8. The lowest BCUT2D eigenvalue weighted by Gasteiger charge is -2.43. The van der Waals surface area contributed by atoms with Crippen LogP contribution in [0.15, 0.2) is 0 Å². The zero-order chi connectivity index (χ0) is 15.6. The number of amides is 1. The van der Waals surface area contributed by atoms with Crippen LogP contribution in [0.4, 0.5) is 0 Å². The van der Waals surface area contributed by atoms with Crippen LogP contribution in [0.5, 0.6) is 0 Å². The Labute approximate surface area is 125 Å². The molecule has 0 aromatic rings. The summed E-state index contributed by atoms with van der Waals surface area (Å²) in [6, 6.07) is -0.497. The highest BCUT2D eigenvalue weighted by atomic mass is 32.2. The van der Waals surface area contributed by atoms with Crippen LogP contribution in [-0.4, -0.2) is 53.0 Å². The summed E-state index contributed by atoms with van der Waals surface area (Å²) in [5.41, 5.74) is 4.74. The fourth-order valence-electron chi connectivity index (χ4n) is 1.92. The first-order chi connectivity index (χ1) is 9.13. The Hall–Kier alpha value is -0.750. The molecule has 6 heteroatoms. The van der Waals surface area contributed by atoms with Gasteiger partial charge in [-0.15, -0.1) is 0 Å². The number of nitrogens with two attached hydrogens (primary N) is 1. The van der Waals surface area contributed by atoms with Crippen molar-refractivity contribution in [3.63, 3.8) is 0 Å². The van der Waals surface area contributed by atoms with E-state index in [-0.39, 0.29) is 11.9 Å². The fourth-order valence-corrected chi connectivity index (χ4v) is 2.95. The maximum atomic E-state index is 12.8. The van der Waals surface area contributed by atoms with E-state index >= 15 is 0 Å². The third kappa shape index (κ3) is 3.47. The van der Waals surface area contributed by atoms with Crippen molar-refractivity contribution in [2.75, 3.05) is 24.7 Å². The Morgan fingerprint density at radius 1 is 1.35 bits per heavy atom. The molecule has 0 spiro atoms. The number of rotatable bonds is 4. The Bertz CT molecular complexity index is 377. The van der Waals surface area contributed by atoms with Crippen molar-refractivity contribution in [3.8, 4) is 0 Å². The molecule has 0 aromatic heterocycles. The Balaban J connectivity index is 2.96. The molecule has 0 saturated carbocycles. The topological polar surface area (TPSA) is 72.6 Å². The van der Waals surface area contributed by atoms with Crippen LogP contribution in [0.1, 0.15) is 34.6 Å². The highest BCUT2D eigenvalue weighted by molar-refractivity contribution is 7.99. The van der Waals surface area contributed by atoms with Crippen molar-refractivity contribution in [2.45, 2.75) is 46.2 Å². The smallest absolute Gasteiger partial charge is 0.329 e. The second-order valence-corrected chi connectivity index (χ2v) is 7.34. The van der Waals surface area contributed by atoms with Gasteiger partial charge in [-0.2, -0.15) is 11.8 Å². The first-order valence-corrected chi connectivity index (χ1v) is 8.12. The molecule has 1 atom stereocenters. The summed E-state index contributed by atoms with van der Waals surface area (Å²) in [5, 5.41) is 0. The highest BCUT2D eigenvalue weighted by Gasteiger charge is 2.46. The molecule has 20 heavy (non-hydrogen) atoms. The van der Waals surface area contributed by atoms with E-state index in [4.69, 9.17) is 10.5 Å². The van der Waals surface area contributed by atoms with Crippen LogP contribution in [0.2, 0.25) is 0 Å². The van der Waals surface area contributed by atoms with Crippen molar-refractivity contribution >= 4 is 23.6 Å². The average molecular weight is 302 g/mol. The molecular formula is C14H26N2O3S.